The van der Waals surface area contributed by atoms with Gasteiger partial charge in [-0.3, -0.25) is 4.79 Å². The molecule has 2 aliphatic carbocycles. The van der Waals surface area contributed by atoms with E-state index in [0.29, 0.717) is 22.8 Å². The molecular weight excluding hydrogens is 495 g/mol. The van der Waals surface area contributed by atoms with Gasteiger partial charge in [0.2, 0.25) is 5.91 Å². The molecule has 0 aliphatic heterocycles. The van der Waals surface area contributed by atoms with Crippen molar-refractivity contribution < 1.29 is 32.6 Å². The molecule has 1 aromatic carbocycles. The first kappa shape index (κ1) is 29.5. The minimum absolute atomic E-state index is 0.00644. The fourth-order valence-electron chi connectivity index (χ4n) is 4.99. The van der Waals surface area contributed by atoms with E-state index in [-0.39, 0.29) is 28.7 Å². The van der Waals surface area contributed by atoms with Gasteiger partial charge in [0.25, 0.3) is 0 Å². The van der Waals surface area contributed by atoms with Crippen molar-refractivity contribution in [1.82, 2.24) is 5.32 Å². The average molecular weight is 534 g/mol. The molecule has 0 radical (unpaired) electrons. The summed E-state index contributed by atoms with van der Waals surface area (Å²) in [5.41, 5.74) is 1.09. The Labute approximate surface area is 222 Å². The lowest BCUT2D eigenvalue weighted by Gasteiger charge is -2.27. The van der Waals surface area contributed by atoms with Crippen LogP contribution >= 0.6 is 0 Å². The number of carboxylic acid groups (broad SMARTS) is 1. The Morgan fingerprint density at radius 3 is 2.55 bits per heavy atom. The lowest BCUT2D eigenvalue weighted by molar-refractivity contribution is -0.153. The molecule has 5 nitrogen and oxygen atoms in total. The molecule has 2 unspecified atom stereocenters. The monoisotopic (exact) mass is 533 g/mol. The summed E-state index contributed by atoms with van der Waals surface area (Å²) in [6.07, 6.45) is 7.64. The molecule has 1 fully saturated rings. The SMILES string of the molecule is C=C1C=c2ccc(C(=O)O)c(OCC(F)(F)F)c2=CC(=CCC2CCCC(C(=O)NC(C)(C)CC)CC2)C1. The van der Waals surface area contributed by atoms with Crippen LogP contribution < -0.4 is 20.5 Å². The van der Waals surface area contributed by atoms with Gasteiger partial charge in [-0.1, -0.05) is 50.1 Å². The number of benzene rings is 1. The lowest BCUT2D eigenvalue weighted by Crippen LogP contribution is -2.45. The summed E-state index contributed by atoms with van der Waals surface area (Å²) in [6, 6.07) is 2.83. The van der Waals surface area contributed by atoms with Crippen LogP contribution in [0.2, 0.25) is 0 Å². The Hall–Kier alpha value is -3.03. The summed E-state index contributed by atoms with van der Waals surface area (Å²) < 4.78 is 43.8. The van der Waals surface area contributed by atoms with Gasteiger partial charge in [-0.25, -0.2) is 4.79 Å². The van der Waals surface area contributed by atoms with Crippen LogP contribution in [0, 0.1) is 11.8 Å². The quantitative estimate of drug-likeness (QED) is 0.423. The molecule has 2 aliphatic rings. The number of ether oxygens (including phenoxy) is 1. The molecule has 0 spiro atoms. The van der Waals surface area contributed by atoms with Crippen LogP contribution in [0.1, 0.15) is 82.5 Å². The van der Waals surface area contributed by atoms with Gasteiger partial charge in [-0.05, 0) is 81.2 Å². The molecule has 8 heteroatoms. The molecule has 2 N–H and O–H groups in total. The Balaban J connectivity index is 1.83. The van der Waals surface area contributed by atoms with Gasteiger partial charge in [-0.2, -0.15) is 13.2 Å². The molecule has 0 bridgehead atoms. The van der Waals surface area contributed by atoms with Crippen LogP contribution in [-0.2, 0) is 4.79 Å². The number of nitrogens with one attached hydrogen (secondary N) is 1. The maximum absolute atomic E-state index is 12.9. The number of alkyl halides is 3. The predicted molar refractivity (Wildman–Crippen MR) is 142 cm³/mol. The number of carbonyl (C=O) groups is 2. The van der Waals surface area contributed by atoms with Crippen LogP contribution in [0.5, 0.6) is 5.75 Å². The number of fused-ring (bicyclic) bond motifs is 1. The Bertz CT molecular complexity index is 1210. The van der Waals surface area contributed by atoms with Crippen molar-refractivity contribution in [1.29, 1.82) is 0 Å². The molecule has 2 atom stereocenters. The molecule has 0 saturated heterocycles. The maximum Gasteiger partial charge on any atom is 0.422 e. The van der Waals surface area contributed by atoms with Gasteiger partial charge in [0.1, 0.15) is 11.3 Å². The average Bonchev–Trinajstić information content (AvgIpc) is 3.16. The molecule has 1 saturated carbocycles. The summed E-state index contributed by atoms with van der Waals surface area (Å²) in [5, 5.41) is 13.6. The maximum atomic E-state index is 12.9. The molecule has 0 heterocycles. The van der Waals surface area contributed by atoms with Gasteiger partial charge in [0.05, 0.1) is 0 Å². The highest BCUT2D eigenvalue weighted by molar-refractivity contribution is 5.91. The summed E-state index contributed by atoms with van der Waals surface area (Å²) in [5.74, 6) is -1.13. The van der Waals surface area contributed by atoms with Crippen molar-refractivity contribution in [2.45, 2.75) is 83.9 Å². The standard InChI is InChI=1S/C30H38F3NO4/c1-5-29(3,4)34-27(35)22-8-6-7-20(11-12-22)9-10-21-15-19(2)16-23-13-14-24(28(36)37)26(25(23)17-21)38-18-30(31,32)33/h10,13-14,16-17,20,22H,2,5-9,11-12,15,18H2,1,3-4H3,(H,34,35)(H,36,37). The number of hydrogen-bond donors (Lipinski definition) is 2. The number of amides is 1. The Kier molecular flexibility index (Phi) is 9.49. The predicted octanol–water partition coefficient (Wildman–Crippen LogP) is 5.66. The van der Waals surface area contributed by atoms with Crippen molar-refractivity contribution in [2.24, 2.45) is 11.8 Å². The minimum atomic E-state index is -4.60. The first-order valence-electron chi connectivity index (χ1n) is 13.3. The van der Waals surface area contributed by atoms with Crippen molar-refractivity contribution >= 4 is 24.0 Å². The molecular formula is C30H38F3NO4. The zero-order valence-electron chi connectivity index (χ0n) is 22.4. The fourth-order valence-corrected chi connectivity index (χ4v) is 4.99. The van der Waals surface area contributed by atoms with E-state index in [1.807, 2.05) is 13.8 Å². The smallest absolute Gasteiger partial charge is 0.422 e. The van der Waals surface area contributed by atoms with Gasteiger partial charge < -0.3 is 15.2 Å². The zero-order valence-corrected chi connectivity index (χ0v) is 22.4. The largest absolute Gasteiger partial charge is 0.483 e. The van der Waals surface area contributed by atoms with E-state index in [1.54, 1.807) is 18.2 Å². The number of allylic oxidation sites excluding steroid dienone is 3. The van der Waals surface area contributed by atoms with E-state index in [4.69, 9.17) is 4.74 Å². The van der Waals surface area contributed by atoms with Crippen molar-refractivity contribution in [3.05, 3.63) is 51.9 Å². The summed E-state index contributed by atoms with van der Waals surface area (Å²) in [6.45, 7) is 8.61. The molecule has 38 heavy (non-hydrogen) atoms. The van der Waals surface area contributed by atoms with Crippen molar-refractivity contribution in [3.63, 3.8) is 0 Å². The second-order valence-electron chi connectivity index (χ2n) is 11.1. The van der Waals surface area contributed by atoms with Crippen LogP contribution in [0.25, 0.3) is 12.2 Å². The van der Waals surface area contributed by atoms with E-state index in [2.05, 4.69) is 24.9 Å². The number of hydrogen-bond acceptors (Lipinski definition) is 3. The van der Waals surface area contributed by atoms with Crippen molar-refractivity contribution in [3.8, 4) is 5.75 Å². The highest BCUT2D eigenvalue weighted by Crippen LogP contribution is 2.31. The number of halogens is 3. The van der Waals surface area contributed by atoms with Crippen molar-refractivity contribution in [2.75, 3.05) is 6.61 Å². The number of aromatic carboxylic acids is 1. The number of carboxylic acids is 1. The van der Waals surface area contributed by atoms with Crippen LogP contribution in [0.15, 0.2) is 35.9 Å². The van der Waals surface area contributed by atoms with E-state index >= 15 is 0 Å². The number of rotatable bonds is 8. The van der Waals surface area contributed by atoms with Gasteiger partial charge in [0, 0.05) is 16.7 Å². The Morgan fingerprint density at radius 2 is 1.89 bits per heavy atom. The summed E-state index contributed by atoms with van der Waals surface area (Å²) >= 11 is 0. The normalized spacial score (nSPS) is 21.4. The number of carbonyl (C=O) groups excluding carboxylic acids is 1. The topological polar surface area (TPSA) is 75.6 Å². The third kappa shape index (κ3) is 8.23. The third-order valence-electron chi connectivity index (χ3n) is 7.48. The second-order valence-corrected chi connectivity index (χ2v) is 11.1. The van der Waals surface area contributed by atoms with Crippen LogP contribution in [-0.4, -0.2) is 35.3 Å². The molecule has 208 valence electrons. The molecule has 3 rings (SSSR count). The third-order valence-corrected chi connectivity index (χ3v) is 7.48. The minimum Gasteiger partial charge on any atom is -0.483 e. The van der Waals surface area contributed by atoms with Gasteiger partial charge in [-0.15, -0.1) is 0 Å². The first-order chi connectivity index (χ1) is 17.8. The zero-order chi connectivity index (χ0) is 28.1. The van der Waals surface area contributed by atoms with E-state index in [9.17, 15) is 27.9 Å². The van der Waals surface area contributed by atoms with Gasteiger partial charge >= 0.3 is 12.1 Å². The van der Waals surface area contributed by atoms with E-state index < -0.39 is 18.8 Å². The molecule has 1 amide bonds. The van der Waals surface area contributed by atoms with Crippen LogP contribution in [0.4, 0.5) is 13.2 Å². The summed E-state index contributed by atoms with van der Waals surface area (Å²) in [7, 11) is 0. The lowest BCUT2D eigenvalue weighted by atomic mass is 9.92. The first-order valence-corrected chi connectivity index (χ1v) is 13.3. The highest BCUT2D eigenvalue weighted by atomic mass is 19.4. The Morgan fingerprint density at radius 1 is 1.16 bits per heavy atom. The van der Waals surface area contributed by atoms with E-state index in [1.165, 1.54) is 6.07 Å². The van der Waals surface area contributed by atoms with E-state index in [0.717, 1.165) is 56.1 Å². The van der Waals surface area contributed by atoms with Crippen LogP contribution in [0.3, 0.4) is 0 Å². The highest BCUT2D eigenvalue weighted by Gasteiger charge is 2.30. The summed E-state index contributed by atoms with van der Waals surface area (Å²) in [4.78, 5) is 24.5. The fraction of sp³-hybridized carbons (Fsp3) is 0.533. The van der Waals surface area contributed by atoms with Gasteiger partial charge in [0.15, 0.2) is 6.61 Å². The molecule has 0 aromatic heterocycles. The second kappa shape index (κ2) is 12.2. The molecule has 1 aromatic rings.